The zero-order valence-corrected chi connectivity index (χ0v) is 16.3. The van der Waals surface area contributed by atoms with E-state index < -0.39 is 5.60 Å². The lowest BCUT2D eigenvalue weighted by atomic mass is 10.1. The van der Waals surface area contributed by atoms with Gasteiger partial charge in [0.25, 0.3) is 0 Å². The second-order valence-corrected chi connectivity index (χ2v) is 7.33. The second-order valence-electron chi connectivity index (χ2n) is 7.33. The monoisotopic (exact) mass is 366 g/mol. The predicted molar refractivity (Wildman–Crippen MR) is 97.8 cm³/mol. The fourth-order valence-electron chi connectivity index (χ4n) is 2.66. The zero-order valence-electron chi connectivity index (χ0n) is 16.3. The van der Waals surface area contributed by atoms with Crippen molar-refractivity contribution < 1.29 is 14.1 Å². The Bertz CT molecular complexity index is 622. The van der Waals surface area contributed by atoms with Crippen molar-refractivity contribution >= 4 is 12.1 Å². The maximum Gasteiger partial charge on any atom is 0.410 e. The number of aliphatic imine (C=N–C) groups is 1. The Morgan fingerprint density at radius 1 is 1.46 bits per heavy atom. The van der Waals surface area contributed by atoms with Crippen LogP contribution in [0.25, 0.3) is 0 Å². The molecule has 1 unspecified atom stereocenters. The molecule has 26 heavy (non-hydrogen) atoms. The topological polar surface area (TPSA) is 105 Å². The molecule has 0 spiro atoms. The first-order valence-corrected chi connectivity index (χ1v) is 9.09. The van der Waals surface area contributed by atoms with E-state index in [1.807, 2.05) is 27.7 Å². The molecular formula is C17H30N6O3. The third-order valence-corrected chi connectivity index (χ3v) is 3.71. The van der Waals surface area contributed by atoms with Gasteiger partial charge in [0.15, 0.2) is 11.8 Å². The van der Waals surface area contributed by atoms with E-state index >= 15 is 0 Å². The number of amides is 1. The van der Waals surface area contributed by atoms with Crippen molar-refractivity contribution in [2.45, 2.75) is 65.6 Å². The van der Waals surface area contributed by atoms with Crippen molar-refractivity contribution in [1.29, 1.82) is 0 Å². The number of hydrogen-bond acceptors (Lipinski definition) is 6. The van der Waals surface area contributed by atoms with Gasteiger partial charge in [0.05, 0.1) is 0 Å². The highest BCUT2D eigenvalue weighted by molar-refractivity contribution is 5.80. The number of likely N-dealkylation sites (tertiary alicyclic amines) is 1. The fourth-order valence-corrected chi connectivity index (χ4v) is 2.66. The van der Waals surface area contributed by atoms with Crippen LogP contribution in [-0.4, -0.2) is 58.4 Å². The number of piperidine rings is 1. The second kappa shape index (κ2) is 8.86. The van der Waals surface area contributed by atoms with Crippen LogP contribution >= 0.6 is 0 Å². The summed E-state index contributed by atoms with van der Waals surface area (Å²) < 4.78 is 10.4. The normalized spacial score (nSPS) is 18.6. The molecule has 1 aromatic heterocycles. The van der Waals surface area contributed by atoms with Crippen molar-refractivity contribution in [3.05, 3.63) is 11.7 Å². The summed E-state index contributed by atoms with van der Waals surface area (Å²) in [5, 5.41) is 10.4. The van der Waals surface area contributed by atoms with Crippen LogP contribution in [0.1, 0.15) is 52.3 Å². The van der Waals surface area contributed by atoms with Crippen molar-refractivity contribution in [3.8, 4) is 0 Å². The van der Waals surface area contributed by atoms with E-state index in [0.717, 1.165) is 19.4 Å². The highest BCUT2D eigenvalue weighted by Crippen LogP contribution is 2.15. The molecule has 0 aromatic carbocycles. The summed E-state index contributed by atoms with van der Waals surface area (Å²) in [6.07, 6.45) is 1.61. The van der Waals surface area contributed by atoms with Gasteiger partial charge in [0.2, 0.25) is 5.89 Å². The van der Waals surface area contributed by atoms with Gasteiger partial charge >= 0.3 is 6.09 Å². The van der Waals surface area contributed by atoms with Gasteiger partial charge in [-0.25, -0.2) is 9.79 Å². The summed E-state index contributed by atoms with van der Waals surface area (Å²) in [5.74, 6) is 1.73. The molecule has 9 nitrogen and oxygen atoms in total. The van der Waals surface area contributed by atoms with E-state index in [1.165, 1.54) is 0 Å². The molecular weight excluding hydrogens is 336 g/mol. The van der Waals surface area contributed by atoms with E-state index in [0.29, 0.717) is 37.3 Å². The molecule has 2 rings (SSSR count). The summed E-state index contributed by atoms with van der Waals surface area (Å²) in [5.41, 5.74) is -0.490. The van der Waals surface area contributed by atoms with Gasteiger partial charge in [-0.2, -0.15) is 4.98 Å². The molecule has 9 heteroatoms. The van der Waals surface area contributed by atoms with Gasteiger partial charge in [0, 0.05) is 32.6 Å². The Labute approximate surface area is 154 Å². The van der Waals surface area contributed by atoms with Gasteiger partial charge in [-0.3, -0.25) is 0 Å². The molecule has 2 N–H and O–H groups in total. The van der Waals surface area contributed by atoms with E-state index in [4.69, 9.17) is 9.26 Å². The molecule has 1 aliphatic heterocycles. The molecule has 1 aliphatic rings. The number of ether oxygens (including phenoxy) is 1. The highest BCUT2D eigenvalue weighted by atomic mass is 16.6. The lowest BCUT2D eigenvalue weighted by Gasteiger charge is -2.35. The Hall–Kier alpha value is -2.32. The van der Waals surface area contributed by atoms with E-state index in [1.54, 1.807) is 11.8 Å². The van der Waals surface area contributed by atoms with Crippen LogP contribution in [0.3, 0.4) is 0 Å². The van der Waals surface area contributed by atoms with Gasteiger partial charge < -0.3 is 24.8 Å². The van der Waals surface area contributed by atoms with Crippen molar-refractivity contribution in [2.24, 2.45) is 4.99 Å². The number of hydrogen-bond donors (Lipinski definition) is 2. The molecule has 0 bridgehead atoms. The number of aromatic nitrogens is 2. The summed E-state index contributed by atoms with van der Waals surface area (Å²) in [6.45, 7) is 11.7. The molecule has 1 aromatic rings. The van der Waals surface area contributed by atoms with Crippen LogP contribution in [-0.2, 0) is 11.3 Å². The van der Waals surface area contributed by atoms with E-state index in [2.05, 4.69) is 25.8 Å². The predicted octanol–water partition coefficient (Wildman–Crippen LogP) is 1.83. The number of carbonyl (C=O) groups is 1. The SMILES string of the molecule is CCNC(=NCc1noc(C)n1)NC1CCCN(C(=O)OC(C)(C)C)C1. The van der Waals surface area contributed by atoms with Crippen LogP contribution in [0.4, 0.5) is 4.79 Å². The highest BCUT2D eigenvalue weighted by Gasteiger charge is 2.28. The largest absolute Gasteiger partial charge is 0.444 e. The Morgan fingerprint density at radius 3 is 2.85 bits per heavy atom. The number of aryl methyl sites for hydroxylation is 1. The maximum absolute atomic E-state index is 12.3. The standard InChI is InChI=1S/C17H30N6O3/c1-6-18-15(19-10-14-20-12(2)26-22-14)21-13-8-7-9-23(11-13)16(24)25-17(3,4)5/h13H,6-11H2,1-5H3,(H2,18,19,21). The minimum Gasteiger partial charge on any atom is -0.444 e. The fraction of sp³-hybridized carbons (Fsp3) is 0.765. The van der Waals surface area contributed by atoms with Crippen LogP contribution in [0, 0.1) is 6.92 Å². The number of guanidine groups is 1. The van der Waals surface area contributed by atoms with Crippen LogP contribution < -0.4 is 10.6 Å². The Balaban J connectivity index is 1.93. The summed E-state index contributed by atoms with van der Waals surface area (Å²) >= 11 is 0. The van der Waals surface area contributed by atoms with Crippen molar-refractivity contribution in [1.82, 2.24) is 25.7 Å². The van der Waals surface area contributed by atoms with Crippen LogP contribution in [0.15, 0.2) is 9.52 Å². The molecule has 1 atom stereocenters. The van der Waals surface area contributed by atoms with Crippen LogP contribution in [0.5, 0.6) is 0 Å². The maximum atomic E-state index is 12.3. The van der Waals surface area contributed by atoms with Crippen LogP contribution in [0.2, 0.25) is 0 Å². The average Bonchev–Trinajstić information content (AvgIpc) is 2.97. The third-order valence-electron chi connectivity index (χ3n) is 3.71. The number of nitrogens with one attached hydrogen (secondary N) is 2. The molecule has 0 radical (unpaired) electrons. The summed E-state index contributed by atoms with van der Waals surface area (Å²) in [6, 6.07) is 0.112. The first-order valence-electron chi connectivity index (χ1n) is 9.09. The lowest BCUT2D eigenvalue weighted by molar-refractivity contribution is 0.0193. The number of carbonyl (C=O) groups excluding carboxylic acids is 1. The molecule has 146 valence electrons. The van der Waals surface area contributed by atoms with Gasteiger partial charge in [-0.1, -0.05) is 5.16 Å². The van der Waals surface area contributed by atoms with Gasteiger partial charge in [0.1, 0.15) is 12.1 Å². The summed E-state index contributed by atoms with van der Waals surface area (Å²) in [7, 11) is 0. The molecule has 1 saturated heterocycles. The molecule has 2 heterocycles. The third kappa shape index (κ3) is 6.53. The van der Waals surface area contributed by atoms with Crippen molar-refractivity contribution in [3.63, 3.8) is 0 Å². The van der Waals surface area contributed by atoms with E-state index in [9.17, 15) is 4.79 Å². The van der Waals surface area contributed by atoms with Gasteiger partial charge in [-0.05, 0) is 40.5 Å². The lowest BCUT2D eigenvalue weighted by Crippen LogP contribution is -2.53. The molecule has 0 aliphatic carbocycles. The average molecular weight is 366 g/mol. The smallest absolute Gasteiger partial charge is 0.410 e. The first kappa shape index (κ1) is 20.0. The Kier molecular flexibility index (Phi) is 6.82. The minimum absolute atomic E-state index is 0.112. The molecule has 0 saturated carbocycles. The molecule has 1 fully saturated rings. The first-order chi connectivity index (χ1) is 12.3. The summed E-state index contributed by atoms with van der Waals surface area (Å²) in [4.78, 5) is 22.7. The Morgan fingerprint density at radius 2 is 2.23 bits per heavy atom. The number of rotatable bonds is 4. The van der Waals surface area contributed by atoms with E-state index in [-0.39, 0.29) is 12.1 Å². The van der Waals surface area contributed by atoms with Crippen molar-refractivity contribution in [2.75, 3.05) is 19.6 Å². The quantitative estimate of drug-likeness (QED) is 0.619. The number of nitrogens with zero attached hydrogens (tertiary/aromatic N) is 4. The zero-order chi connectivity index (χ0) is 19.2. The van der Waals surface area contributed by atoms with Gasteiger partial charge in [-0.15, -0.1) is 0 Å². The molecule has 1 amide bonds. The minimum atomic E-state index is -0.490.